The normalized spacial score (nSPS) is 16.7. The van der Waals surface area contributed by atoms with E-state index < -0.39 is 0 Å². The molecule has 0 aromatic heterocycles. The van der Waals surface area contributed by atoms with Gasteiger partial charge >= 0.3 is 5.97 Å². The predicted molar refractivity (Wildman–Crippen MR) is 74.0 cm³/mol. The lowest BCUT2D eigenvalue weighted by atomic mass is 10.2. The molecule has 0 aliphatic carbocycles. The molecule has 4 heteroatoms. The summed E-state index contributed by atoms with van der Waals surface area (Å²) in [4.78, 5) is 15.7. The molecule has 0 saturated carbocycles. The standard InChI is InChI=1S/C15H17NO3/c1-4-14-16-13(15(17)19-14)9-11-5-7-12(8-6-11)18-10(2)3/h5-10H,4H2,1-3H3/b13-9+. The first kappa shape index (κ1) is 13.3. The van der Waals surface area contributed by atoms with Crippen LogP contribution in [0.25, 0.3) is 6.08 Å². The monoisotopic (exact) mass is 259 g/mol. The zero-order valence-electron chi connectivity index (χ0n) is 11.3. The van der Waals surface area contributed by atoms with E-state index in [0.717, 1.165) is 11.3 Å². The van der Waals surface area contributed by atoms with Crippen molar-refractivity contribution in [2.24, 2.45) is 4.99 Å². The van der Waals surface area contributed by atoms with E-state index in [1.165, 1.54) is 0 Å². The maximum absolute atomic E-state index is 11.5. The third kappa shape index (κ3) is 3.44. The molecule has 0 unspecified atom stereocenters. The summed E-state index contributed by atoms with van der Waals surface area (Å²) >= 11 is 0. The van der Waals surface area contributed by atoms with E-state index in [0.29, 0.717) is 18.0 Å². The highest BCUT2D eigenvalue weighted by Crippen LogP contribution is 2.19. The maximum atomic E-state index is 11.5. The molecule has 1 aliphatic rings. The first-order valence-electron chi connectivity index (χ1n) is 6.36. The lowest BCUT2D eigenvalue weighted by Gasteiger charge is -2.09. The number of nitrogens with zero attached hydrogens (tertiary/aromatic N) is 1. The number of hydrogen-bond donors (Lipinski definition) is 0. The summed E-state index contributed by atoms with van der Waals surface area (Å²) in [5.74, 6) is 0.888. The van der Waals surface area contributed by atoms with E-state index in [1.807, 2.05) is 45.0 Å². The average molecular weight is 259 g/mol. The number of carbonyl (C=O) groups is 1. The molecule has 4 nitrogen and oxygen atoms in total. The fourth-order valence-electron chi connectivity index (χ4n) is 1.68. The number of aliphatic imine (C=N–C) groups is 1. The van der Waals surface area contributed by atoms with Crippen molar-refractivity contribution in [1.29, 1.82) is 0 Å². The minimum absolute atomic E-state index is 0.144. The van der Waals surface area contributed by atoms with Crippen molar-refractivity contribution in [2.45, 2.75) is 33.3 Å². The Hall–Kier alpha value is -2.10. The van der Waals surface area contributed by atoms with Crippen LogP contribution in [0.15, 0.2) is 35.0 Å². The van der Waals surface area contributed by atoms with Crippen molar-refractivity contribution in [3.63, 3.8) is 0 Å². The number of hydrogen-bond acceptors (Lipinski definition) is 4. The molecule has 0 bridgehead atoms. The molecule has 2 rings (SSSR count). The Morgan fingerprint density at radius 3 is 2.53 bits per heavy atom. The molecule has 0 radical (unpaired) electrons. The van der Waals surface area contributed by atoms with Crippen LogP contribution in [0.2, 0.25) is 0 Å². The number of rotatable bonds is 4. The van der Waals surface area contributed by atoms with Gasteiger partial charge in [-0.3, -0.25) is 0 Å². The second kappa shape index (κ2) is 5.69. The van der Waals surface area contributed by atoms with Crippen molar-refractivity contribution in [1.82, 2.24) is 0 Å². The number of ether oxygens (including phenoxy) is 2. The van der Waals surface area contributed by atoms with E-state index >= 15 is 0 Å². The zero-order chi connectivity index (χ0) is 13.8. The fourth-order valence-corrected chi connectivity index (χ4v) is 1.68. The van der Waals surface area contributed by atoms with Gasteiger partial charge in [-0.05, 0) is 37.6 Å². The molecule has 0 spiro atoms. The van der Waals surface area contributed by atoms with Crippen LogP contribution in [0.5, 0.6) is 5.75 Å². The summed E-state index contributed by atoms with van der Waals surface area (Å²) in [6, 6.07) is 7.52. The van der Waals surface area contributed by atoms with E-state index in [4.69, 9.17) is 9.47 Å². The first-order valence-corrected chi connectivity index (χ1v) is 6.36. The van der Waals surface area contributed by atoms with E-state index in [9.17, 15) is 4.79 Å². The highest BCUT2D eigenvalue weighted by Gasteiger charge is 2.21. The minimum atomic E-state index is -0.389. The van der Waals surface area contributed by atoms with E-state index in [2.05, 4.69) is 4.99 Å². The van der Waals surface area contributed by atoms with Crippen molar-refractivity contribution in [2.75, 3.05) is 0 Å². The molecule has 0 amide bonds. The minimum Gasteiger partial charge on any atom is -0.491 e. The number of cyclic esters (lactones) is 1. The molecule has 0 atom stereocenters. The van der Waals surface area contributed by atoms with Crippen LogP contribution in [0.1, 0.15) is 32.8 Å². The molecule has 1 aliphatic heterocycles. The topological polar surface area (TPSA) is 47.9 Å². The van der Waals surface area contributed by atoms with Crippen molar-refractivity contribution in [3.05, 3.63) is 35.5 Å². The van der Waals surface area contributed by atoms with Gasteiger partial charge in [-0.25, -0.2) is 9.79 Å². The molecule has 100 valence electrons. The lowest BCUT2D eigenvalue weighted by molar-refractivity contribution is -0.130. The zero-order valence-corrected chi connectivity index (χ0v) is 11.3. The fraction of sp³-hybridized carbons (Fsp3) is 0.333. The molecular weight excluding hydrogens is 242 g/mol. The molecular formula is C15H17NO3. The van der Waals surface area contributed by atoms with Crippen LogP contribution in [-0.4, -0.2) is 18.0 Å². The van der Waals surface area contributed by atoms with Crippen molar-refractivity contribution >= 4 is 17.9 Å². The summed E-state index contributed by atoms with van der Waals surface area (Å²) < 4.78 is 10.5. The van der Waals surface area contributed by atoms with Gasteiger partial charge in [-0.2, -0.15) is 0 Å². The van der Waals surface area contributed by atoms with E-state index in [1.54, 1.807) is 6.08 Å². The largest absolute Gasteiger partial charge is 0.491 e. The van der Waals surface area contributed by atoms with Crippen molar-refractivity contribution in [3.8, 4) is 5.75 Å². The average Bonchev–Trinajstić information content (AvgIpc) is 2.72. The SMILES string of the molecule is CCC1=N/C(=C/c2ccc(OC(C)C)cc2)C(=O)O1. The predicted octanol–water partition coefficient (Wildman–Crippen LogP) is 3.18. The molecule has 19 heavy (non-hydrogen) atoms. The quantitative estimate of drug-likeness (QED) is 0.616. The van der Waals surface area contributed by atoms with Crippen LogP contribution in [-0.2, 0) is 9.53 Å². The Morgan fingerprint density at radius 1 is 1.32 bits per heavy atom. The van der Waals surface area contributed by atoms with Crippen LogP contribution >= 0.6 is 0 Å². The Kier molecular flexibility index (Phi) is 4.00. The van der Waals surface area contributed by atoms with Gasteiger partial charge < -0.3 is 9.47 Å². The Morgan fingerprint density at radius 2 is 2.00 bits per heavy atom. The van der Waals surface area contributed by atoms with Gasteiger partial charge in [0, 0.05) is 6.42 Å². The highest BCUT2D eigenvalue weighted by molar-refractivity contribution is 6.07. The Labute approximate surface area is 112 Å². The molecule has 1 aromatic carbocycles. The van der Waals surface area contributed by atoms with Gasteiger partial charge in [0.2, 0.25) is 0 Å². The number of esters is 1. The third-order valence-electron chi connectivity index (χ3n) is 2.52. The molecule has 0 saturated heterocycles. The second-order valence-corrected chi connectivity index (χ2v) is 4.51. The summed E-state index contributed by atoms with van der Waals surface area (Å²) in [7, 11) is 0. The molecule has 0 N–H and O–H groups in total. The lowest BCUT2D eigenvalue weighted by Crippen LogP contribution is -2.05. The van der Waals surface area contributed by atoms with Gasteiger partial charge in [0.1, 0.15) is 5.75 Å². The van der Waals surface area contributed by atoms with Gasteiger partial charge in [0.25, 0.3) is 0 Å². The Balaban J connectivity index is 2.15. The third-order valence-corrected chi connectivity index (χ3v) is 2.52. The summed E-state index contributed by atoms with van der Waals surface area (Å²) in [6.07, 6.45) is 2.47. The summed E-state index contributed by atoms with van der Waals surface area (Å²) in [5.41, 5.74) is 1.23. The molecule has 1 aromatic rings. The van der Waals surface area contributed by atoms with Gasteiger partial charge in [0.05, 0.1) is 6.10 Å². The maximum Gasteiger partial charge on any atom is 0.363 e. The second-order valence-electron chi connectivity index (χ2n) is 4.51. The summed E-state index contributed by atoms with van der Waals surface area (Å²) in [6.45, 7) is 5.85. The van der Waals surface area contributed by atoms with Crippen LogP contribution in [0.4, 0.5) is 0 Å². The number of benzene rings is 1. The summed E-state index contributed by atoms with van der Waals surface area (Å²) in [5, 5.41) is 0. The van der Waals surface area contributed by atoms with Gasteiger partial charge in [-0.15, -0.1) is 0 Å². The molecule has 0 fully saturated rings. The Bertz CT molecular complexity index is 527. The first-order chi connectivity index (χ1) is 9.08. The highest BCUT2D eigenvalue weighted by atomic mass is 16.6. The van der Waals surface area contributed by atoms with Gasteiger partial charge in [0.15, 0.2) is 11.6 Å². The number of carbonyl (C=O) groups excluding carboxylic acids is 1. The van der Waals surface area contributed by atoms with Crippen LogP contribution in [0.3, 0.4) is 0 Å². The molecule has 1 heterocycles. The van der Waals surface area contributed by atoms with Gasteiger partial charge in [-0.1, -0.05) is 19.1 Å². The van der Waals surface area contributed by atoms with E-state index in [-0.39, 0.29) is 12.1 Å². The van der Waals surface area contributed by atoms with Crippen LogP contribution in [0, 0.1) is 0 Å². The van der Waals surface area contributed by atoms with Crippen LogP contribution < -0.4 is 4.74 Å². The smallest absolute Gasteiger partial charge is 0.363 e. The van der Waals surface area contributed by atoms with Crippen molar-refractivity contribution < 1.29 is 14.3 Å².